The van der Waals surface area contributed by atoms with Gasteiger partial charge in [0, 0.05) is 13.1 Å². The van der Waals surface area contributed by atoms with Crippen LogP contribution in [-0.4, -0.2) is 31.7 Å². The molecule has 1 aromatic carbocycles. The molecule has 8 heteroatoms. The molecule has 1 aliphatic rings. The number of ether oxygens (including phenoxy) is 1. The molecule has 0 bridgehead atoms. The summed E-state index contributed by atoms with van der Waals surface area (Å²) in [6.45, 7) is 1.83. The van der Waals surface area contributed by atoms with E-state index >= 15 is 0 Å². The molecule has 0 saturated carbocycles. The second-order valence-corrected chi connectivity index (χ2v) is 5.05. The molecule has 0 aliphatic carbocycles. The second-order valence-electron chi connectivity index (χ2n) is 4.64. The van der Waals surface area contributed by atoms with E-state index < -0.39 is 11.7 Å². The van der Waals surface area contributed by atoms with Gasteiger partial charge in [0.15, 0.2) is 0 Å². The molecular weight excluding hydrogens is 309 g/mol. The maximum absolute atomic E-state index is 12.5. The summed E-state index contributed by atoms with van der Waals surface area (Å²) in [7, 11) is 0. The molecule has 0 spiro atoms. The first-order chi connectivity index (χ1) is 9.86. The van der Waals surface area contributed by atoms with E-state index in [9.17, 15) is 18.0 Å². The summed E-state index contributed by atoms with van der Waals surface area (Å²) < 4.78 is 42.9. The average Bonchev–Trinajstić information content (AvgIpc) is 2.41. The van der Waals surface area contributed by atoms with Crippen LogP contribution in [0.2, 0.25) is 5.02 Å². The Kier molecular flexibility index (Phi) is 5.08. The molecule has 2 N–H and O–H groups in total. The number of alkyl halides is 3. The van der Waals surface area contributed by atoms with Crippen LogP contribution >= 0.6 is 11.6 Å². The summed E-state index contributed by atoms with van der Waals surface area (Å²) in [5.74, 6) is -0.356. The molecule has 1 aromatic rings. The lowest BCUT2D eigenvalue weighted by molar-refractivity contribution is -0.137. The van der Waals surface area contributed by atoms with Crippen LogP contribution in [0.3, 0.4) is 0 Å². The minimum atomic E-state index is -4.46. The summed E-state index contributed by atoms with van der Waals surface area (Å²) in [4.78, 5) is 11.8. The number of hydrogen-bond donors (Lipinski definition) is 2. The van der Waals surface area contributed by atoms with Gasteiger partial charge in [0.1, 0.15) is 0 Å². The maximum atomic E-state index is 12.5. The molecule has 1 amide bonds. The fourth-order valence-electron chi connectivity index (χ4n) is 1.95. The van der Waals surface area contributed by atoms with Gasteiger partial charge in [-0.05, 0) is 18.2 Å². The molecule has 1 fully saturated rings. The van der Waals surface area contributed by atoms with Crippen molar-refractivity contribution in [1.82, 2.24) is 5.32 Å². The zero-order valence-electron chi connectivity index (χ0n) is 11.0. The first-order valence-electron chi connectivity index (χ1n) is 6.35. The SMILES string of the molecule is O=C(CC1CNCCO1)Nc1ccc(C(F)(F)F)cc1Cl. The quantitative estimate of drug-likeness (QED) is 0.899. The number of rotatable bonds is 3. The number of carbonyl (C=O) groups is 1. The molecule has 1 unspecified atom stereocenters. The van der Waals surface area contributed by atoms with E-state index in [2.05, 4.69) is 10.6 Å². The third-order valence-electron chi connectivity index (χ3n) is 2.99. The summed E-state index contributed by atoms with van der Waals surface area (Å²) in [6.07, 6.45) is -4.59. The van der Waals surface area contributed by atoms with Gasteiger partial charge in [-0.2, -0.15) is 13.2 Å². The second kappa shape index (κ2) is 6.64. The third-order valence-corrected chi connectivity index (χ3v) is 3.30. The minimum absolute atomic E-state index is 0.115. The Labute approximate surface area is 124 Å². The number of morpholine rings is 1. The van der Waals surface area contributed by atoms with Crippen LogP contribution in [0.1, 0.15) is 12.0 Å². The summed E-state index contributed by atoms with van der Waals surface area (Å²) in [5, 5.41) is 5.42. The predicted molar refractivity (Wildman–Crippen MR) is 72.3 cm³/mol. The van der Waals surface area contributed by atoms with Gasteiger partial charge in [0.2, 0.25) is 5.91 Å². The van der Waals surface area contributed by atoms with Crippen LogP contribution in [0.5, 0.6) is 0 Å². The van der Waals surface area contributed by atoms with E-state index in [1.165, 1.54) is 0 Å². The number of anilines is 1. The molecular formula is C13H14ClF3N2O2. The molecule has 21 heavy (non-hydrogen) atoms. The van der Waals surface area contributed by atoms with E-state index in [-0.39, 0.29) is 29.1 Å². The summed E-state index contributed by atoms with van der Waals surface area (Å²) in [5.41, 5.74) is -0.705. The van der Waals surface area contributed by atoms with E-state index in [4.69, 9.17) is 16.3 Å². The number of amides is 1. The van der Waals surface area contributed by atoms with Gasteiger partial charge in [-0.1, -0.05) is 11.6 Å². The fourth-order valence-corrected chi connectivity index (χ4v) is 2.18. The van der Waals surface area contributed by atoms with Gasteiger partial charge >= 0.3 is 6.18 Å². The highest BCUT2D eigenvalue weighted by Gasteiger charge is 2.31. The van der Waals surface area contributed by atoms with Crippen molar-refractivity contribution in [2.75, 3.05) is 25.0 Å². The van der Waals surface area contributed by atoms with Crippen LogP contribution < -0.4 is 10.6 Å². The van der Waals surface area contributed by atoms with Gasteiger partial charge in [-0.25, -0.2) is 0 Å². The highest BCUT2D eigenvalue weighted by atomic mass is 35.5. The van der Waals surface area contributed by atoms with Gasteiger partial charge < -0.3 is 15.4 Å². The van der Waals surface area contributed by atoms with Gasteiger partial charge in [-0.15, -0.1) is 0 Å². The molecule has 0 radical (unpaired) electrons. The van der Waals surface area contributed by atoms with Crippen molar-refractivity contribution in [2.24, 2.45) is 0 Å². The Morgan fingerprint density at radius 1 is 1.48 bits per heavy atom. The third kappa shape index (κ3) is 4.59. The largest absolute Gasteiger partial charge is 0.416 e. The molecule has 116 valence electrons. The number of carbonyl (C=O) groups excluding carboxylic acids is 1. The minimum Gasteiger partial charge on any atom is -0.375 e. The van der Waals surface area contributed by atoms with Gasteiger partial charge in [-0.3, -0.25) is 4.79 Å². The van der Waals surface area contributed by atoms with Gasteiger partial charge in [0.05, 0.1) is 35.4 Å². The first-order valence-corrected chi connectivity index (χ1v) is 6.73. The molecule has 1 heterocycles. The molecule has 2 rings (SSSR count). The lowest BCUT2D eigenvalue weighted by Crippen LogP contribution is -2.40. The zero-order chi connectivity index (χ0) is 15.5. The smallest absolute Gasteiger partial charge is 0.375 e. The molecule has 1 saturated heterocycles. The van der Waals surface area contributed by atoms with Crippen molar-refractivity contribution in [2.45, 2.75) is 18.7 Å². The number of benzene rings is 1. The fraction of sp³-hybridized carbons (Fsp3) is 0.462. The summed E-state index contributed by atoms with van der Waals surface area (Å²) >= 11 is 5.76. The van der Waals surface area contributed by atoms with Crippen LogP contribution in [-0.2, 0) is 15.7 Å². The lowest BCUT2D eigenvalue weighted by atomic mass is 10.2. The zero-order valence-corrected chi connectivity index (χ0v) is 11.7. The molecule has 1 atom stereocenters. The van der Waals surface area contributed by atoms with Crippen molar-refractivity contribution >= 4 is 23.2 Å². The topological polar surface area (TPSA) is 50.4 Å². The van der Waals surface area contributed by atoms with E-state index in [1.807, 2.05) is 0 Å². The Balaban J connectivity index is 1.97. The average molecular weight is 323 g/mol. The number of halogens is 4. The van der Waals surface area contributed by atoms with Gasteiger partial charge in [0.25, 0.3) is 0 Å². The molecule has 4 nitrogen and oxygen atoms in total. The van der Waals surface area contributed by atoms with Crippen molar-refractivity contribution in [3.63, 3.8) is 0 Å². The predicted octanol–water partition coefficient (Wildman–Crippen LogP) is 2.68. The first kappa shape index (κ1) is 16.1. The monoisotopic (exact) mass is 322 g/mol. The standard InChI is InChI=1S/C13H14ClF3N2O2/c14-10-5-8(13(15,16)17)1-2-11(10)19-12(20)6-9-7-18-3-4-21-9/h1-2,5,9,18H,3-4,6-7H2,(H,19,20). The highest BCUT2D eigenvalue weighted by Crippen LogP contribution is 2.33. The van der Waals surface area contributed by atoms with Crippen molar-refractivity contribution in [3.05, 3.63) is 28.8 Å². The van der Waals surface area contributed by atoms with Crippen LogP contribution in [0, 0.1) is 0 Å². The van der Waals surface area contributed by atoms with E-state index in [0.29, 0.717) is 13.2 Å². The van der Waals surface area contributed by atoms with Crippen molar-refractivity contribution < 1.29 is 22.7 Å². The van der Waals surface area contributed by atoms with E-state index in [0.717, 1.165) is 24.7 Å². The highest BCUT2D eigenvalue weighted by molar-refractivity contribution is 6.33. The summed E-state index contributed by atoms with van der Waals surface area (Å²) in [6, 6.07) is 2.80. The lowest BCUT2D eigenvalue weighted by Gasteiger charge is -2.23. The number of hydrogen-bond acceptors (Lipinski definition) is 3. The number of nitrogens with one attached hydrogen (secondary N) is 2. The molecule has 0 aromatic heterocycles. The Bertz CT molecular complexity index is 517. The van der Waals surface area contributed by atoms with Crippen molar-refractivity contribution in [3.8, 4) is 0 Å². The van der Waals surface area contributed by atoms with Crippen LogP contribution in [0.25, 0.3) is 0 Å². The Hall–Kier alpha value is -1.31. The Morgan fingerprint density at radius 2 is 2.24 bits per heavy atom. The Morgan fingerprint density at radius 3 is 2.81 bits per heavy atom. The molecule has 1 aliphatic heterocycles. The van der Waals surface area contributed by atoms with E-state index in [1.54, 1.807) is 0 Å². The van der Waals surface area contributed by atoms with Crippen molar-refractivity contribution in [1.29, 1.82) is 0 Å². The maximum Gasteiger partial charge on any atom is 0.416 e. The van der Waals surface area contributed by atoms with Crippen LogP contribution in [0.4, 0.5) is 18.9 Å². The normalized spacial score (nSPS) is 19.3. The van der Waals surface area contributed by atoms with Crippen LogP contribution in [0.15, 0.2) is 18.2 Å².